The van der Waals surface area contributed by atoms with Crippen LogP contribution >= 0.6 is 0 Å². The van der Waals surface area contributed by atoms with Gasteiger partial charge in [0.05, 0.1) is 5.52 Å². The maximum Gasteiger partial charge on any atom is 0.292 e. The fourth-order valence-electron chi connectivity index (χ4n) is 2.74. The Balaban J connectivity index is 1.99. The molecule has 2 amide bonds. The van der Waals surface area contributed by atoms with Gasteiger partial charge in [-0.3, -0.25) is 14.0 Å². The van der Waals surface area contributed by atoms with Crippen molar-refractivity contribution in [2.45, 2.75) is 13.8 Å². The highest BCUT2D eigenvalue weighted by molar-refractivity contribution is 6.06. The molecule has 2 aromatic heterocycles. The molecule has 1 N–H and O–H groups in total. The largest absolute Gasteiger partial charge is 0.338 e. The van der Waals surface area contributed by atoms with Crippen LogP contribution in [0.15, 0.2) is 48.7 Å². The number of amides is 2. The number of carbonyl (C=O) groups is 2. The van der Waals surface area contributed by atoms with Crippen LogP contribution in [0.1, 0.15) is 35.0 Å². The summed E-state index contributed by atoms with van der Waals surface area (Å²) >= 11 is 0. The molecule has 3 aromatic rings. The Hall–Kier alpha value is -3.22. The molecule has 3 rings (SSSR count). The van der Waals surface area contributed by atoms with E-state index in [4.69, 9.17) is 0 Å². The molecule has 0 radical (unpaired) electrons. The van der Waals surface area contributed by atoms with E-state index in [9.17, 15) is 14.0 Å². The highest BCUT2D eigenvalue weighted by Gasteiger charge is 2.24. The summed E-state index contributed by atoms with van der Waals surface area (Å²) in [6.07, 6.45) is 1.68. The standard InChI is InChI=1S/C19H19FN4O2/c1-3-23(4-2)19(26)16-15-7-5-6-12-24(15)17(22-16)18(25)21-14-10-8-13(20)9-11-14/h5-12H,3-4H2,1-2H3,(H,21,25). The SMILES string of the molecule is CCN(CC)C(=O)c1nc(C(=O)Nc2ccc(F)cc2)n2ccccc12. The van der Waals surface area contributed by atoms with Crippen LogP contribution in [-0.4, -0.2) is 39.2 Å². The second kappa shape index (κ2) is 7.35. The van der Waals surface area contributed by atoms with Crippen LogP contribution in [0, 0.1) is 5.82 Å². The molecule has 2 heterocycles. The molecule has 0 aliphatic rings. The Morgan fingerprint density at radius 2 is 1.81 bits per heavy atom. The molecular formula is C19H19FN4O2. The normalized spacial score (nSPS) is 10.7. The van der Waals surface area contributed by atoms with Gasteiger partial charge in [0, 0.05) is 25.0 Å². The average molecular weight is 354 g/mol. The number of nitrogens with zero attached hydrogens (tertiary/aromatic N) is 3. The molecule has 0 atom stereocenters. The number of carbonyl (C=O) groups excluding carboxylic acids is 2. The Labute approximate surface area is 150 Å². The van der Waals surface area contributed by atoms with Crippen LogP contribution in [0.3, 0.4) is 0 Å². The second-order valence-electron chi connectivity index (χ2n) is 5.68. The Morgan fingerprint density at radius 1 is 1.12 bits per heavy atom. The zero-order valence-electron chi connectivity index (χ0n) is 14.6. The zero-order valence-corrected chi connectivity index (χ0v) is 14.6. The molecule has 134 valence electrons. The van der Waals surface area contributed by atoms with Crippen molar-refractivity contribution in [2.24, 2.45) is 0 Å². The Bertz CT molecular complexity index is 946. The summed E-state index contributed by atoms with van der Waals surface area (Å²) < 4.78 is 14.6. The van der Waals surface area contributed by atoms with Gasteiger partial charge in [0.2, 0.25) is 5.82 Å². The van der Waals surface area contributed by atoms with Gasteiger partial charge in [-0.2, -0.15) is 0 Å². The smallest absolute Gasteiger partial charge is 0.292 e. The van der Waals surface area contributed by atoms with Crippen LogP contribution in [-0.2, 0) is 0 Å². The van der Waals surface area contributed by atoms with Crippen molar-refractivity contribution in [3.8, 4) is 0 Å². The summed E-state index contributed by atoms with van der Waals surface area (Å²) in [5.74, 6) is -0.988. The highest BCUT2D eigenvalue weighted by Crippen LogP contribution is 2.17. The van der Waals surface area contributed by atoms with Crippen molar-refractivity contribution in [2.75, 3.05) is 18.4 Å². The van der Waals surface area contributed by atoms with Gasteiger partial charge < -0.3 is 10.2 Å². The number of nitrogens with one attached hydrogen (secondary N) is 1. The van der Waals surface area contributed by atoms with E-state index in [1.165, 1.54) is 24.3 Å². The number of aromatic nitrogens is 2. The maximum atomic E-state index is 13.0. The van der Waals surface area contributed by atoms with Crippen molar-refractivity contribution in [1.82, 2.24) is 14.3 Å². The number of rotatable bonds is 5. The summed E-state index contributed by atoms with van der Waals surface area (Å²) in [6.45, 7) is 4.89. The molecule has 6 nitrogen and oxygen atoms in total. The molecule has 0 saturated heterocycles. The molecule has 0 aliphatic heterocycles. The Kier molecular flexibility index (Phi) is 4.97. The number of anilines is 1. The Morgan fingerprint density at radius 3 is 2.46 bits per heavy atom. The van der Waals surface area contributed by atoms with E-state index in [1.807, 2.05) is 13.8 Å². The molecule has 7 heteroatoms. The van der Waals surface area contributed by atoms with Gasteiger partial charge in [-0.25, -0.2) is 9.37 Å². The maximum absolute atomic E-state index is 13.0. The molecular weight excluding hydrogens is 335 g/mol. The summed E-state index contributed by atoms with van der Waals surface area (Å²) in [4.78, 5) is 31.3. The number of pyridine rings is 1. The van der Waals surface area contributed by atoms with E-state index in [2.05, 4.69) is 10.3 Å². The number of benzene rings is 1. The molecule has 1 aromatic carbocycles. The monoisotopic (exact) mass is 354 g/mol. The third-order valence-corrected chi connectivity index (χ3v) is 4.11. The first-order valence-electron chi connectivity index (χ1n) is 8.38. The molecule has 0 aliphatic carbocycles. The fourth-order valence-corrected chi connectivity index (χ4v) is 2.74. The van der Waals surface area contributed by atoms with Gasteiger partial charge in [-0.15, -0.1) is 0 Å². The van der Waals surface area contributed by atoms with Crippen molar-refractivity contribution in [3.05, 3.63) is 66.0 Å². The van der Waals surface area contributed by atoms with Gasteiger partial charge in [-0.05, 0) is 50.2 Å². The molecule has 0 saturated carbocycles. The van der Waals surface area contributed by atoms with Crippen molar-refractivity contribution >= 4 is 23.0 Å². The minimum atomic E-state index is -0.476. The van der Waals surface area contributed by atoms with E-state index >= 15 is 0 Å². The van der Waals surface area contributed by atoms with Gasteiger partial charge in [0.1, 0.15) is 5.82 Å². The predicted octanol–water partition coefficient (Wildman–Crippen LogP) is 3.21. The molecule has 0 fully saturated rings. The number of halogens is 1. The van der Waals surface area contributed by atoms with Crippen LogP contribution in [0.25, 0.3) is 5.52 Å². The average Bonchev–Trinajstić information content (AvgIpc) is 3.04. The van der Waals surface area contributed by atoms with Gasteiger partial charge >= 0.3 is 0 Å². The quantitative estimate of drug-likeness (QED) is 0.765. The van der Waals surface area contributed by atoms with Gasteiger partial charge in [0.15, 0.2) is 5.69 Å². The van der Waals surface area contributed by atoms with E-state index < -0.39 is 5.91 Å². The number of hydrogen-bond donors (Lipinski definition) is 1. The molecule has 26 heavy (non-hydrogen) atoms. The lowest BCUT2D eigenvalue weighted by atomic mass is 10.3. The molecule has 0 unspecified atom stereocenters. The minimum Gasteiger partial charge on any atom is -0.338 e. The topological polar surface area (TPSA) is 66.7 Å². The van der Waals surface area contributed by atoms with Crippen molar-refractivity contribution in [3.63, 3.8) is 0 Å². The number of imidazole rings is 1. The lowest BCUT2D eigenvalue weighted by molar-refractivity contribution is 0.0769. The summed E-state index contributed by atoms with van der Waals surface area (Å²) in [5.41, 5.74) is 1.24. The van der Waals surface area contributed by atoms with Crippen LogP contribution in [0.5, 0.6) is 0 Å². The third-order valence-electron chi connectivity index (χ3n) is 4.11. The van der Waals surface area contributed by atoms with Crippen LogP contribution < -0.4 is 5.32 Å². The first-order valence-corrected chi connectivity index (χ1v) is 8.38. The number of fused-ring (bicyclic) bond motifs is 1. The van der Waals surface area contributed by atoms with E-state index in [-0.39, 0.29) is 23.2 Å². The lowest BCUT2D eigenvalue weighted by Crippen LogP contribution is -2.31. The van der Waals surface area contributed by atoms with Crippen molar-refractivity contribution in [1.29, 1.82) is 0 Å². The van der Waals surface area contributed by atoms with E-state index in [0.717, 1.165) is 0 Å². The number of hydrogen-bond acceptors (Lipinski definition) is 3. The zero-order chi connectivity index (χ0) is 18.7. The summed E-state index contributed by atoms with van der Waals surface area (Å²) in [6, 6.07) is 10.7. The fraction of sp³-hybridized carbons (Fsp3) is 0.211. The first kappa shape index (κ1) is 17.6. The van der Waals surface area contributed by atoms with Crippen molar-refractivity contribution < 1.29 is 14.0 Å². The van der Waals surface area contributed by atoms with E-state index in [0.29, 0.717) is 24.3 Å². The van der Waals surface area contributed by atoms with E-state index in [1.54, 1.807) is 33.7 Å². The van der Waals surface area contributed by atoms with Gasteiger partial charge in [-0.1, -0.05) is 6.07 Å². The third kappa shape index (κ3) is 3.28. The molecule has 0 spiro atoms. The second-order valence-corrected chi connectivity index (χ2v) is 5.68. The molecule has 0 bridgehead atoms. The van der Waals surface area contributed by atoms with Crippen LogP contribution in [0.2, 0.25) is 0 Å². The minimum absolute atomic E-state index is 0.0976. The highest BCUT2D eigenvalue weighted by atomic mass is 19.1. The first-order chi connectivity index (χ1) is 12.5. The van der Waals surface area contributed by atoms with Gasteiger partial charge in [0.25, 0.3) is 11.8 Å². The lowest BCUT2D eigenvalue weighted by Gasteiger charge is -2.17. The summed E-state index contributed by atoms with van der Waals surface area (Å²) in [5, 5.41) is 2.67. The van der Waals surface area contributed by atoms with Crippen LogP contribution in [0.4, 0.5) is 10.1 Å². The predicted molar refractivity (Wildman–Crippen MR) is 96.8 cm³/mol. The summed E-state index contributed by atoms with van der Waals surface area (Å²) in [7, 11) is 0.